The molecular formula is C33H37F6N9O4S. The van der Waals surface area contributed by atoms with Crippen LogP contribution in [-0.2, 0) is 38.9 Å². The lowest BCUT2D eigenvalue weighted by atomic mass is 10.0. The summed E-state index contributed by atoms with van der Waals surface area (Å²) in [6.07, 6.45) is -3.91. The molecule has 2 N–H and O–H groups in total. The van der Waals surface area contributed by atoms with Crippen molar-refractivity contribution in [3.8, 4) is 11.3 Å². The average molecular weight is 770 g/mol. The number of benzene rings is 1. The van der Waals surface area contributed by atoms with E-state index in [2.05, 4.69) is 35.5 Å². The highest BCUT2D eigenvalue weighted by Crippen LogP contribution is 2.37. The monoisotopic (exact) mass is 769 g/mol. The third-order valence-corrected chi connectivity index (χ3v) is 12.2. The molecule has 0 spiro atoms. The van der Waals surface area contributed by atoms with Gasteiger partial charge < -0.3 is 5.32 Å². The molecule has 20 heteroatoms. The number of hydrogen-bond acceptors (Lipinski definition) is 10. The van der Waals surface area contributed by atoms with Crippen LogP contribution in [0.25, 0.3) is 11.3 Å². The zero-order valence-electron chi connectivity index (χ0n) is 28.3. The number of carbonyl (C=O) groups is 2. The van der Waals surface area contributed by atoms with Gasteiger partial charge in [-0.05, 0) is 49.8 Å². The maximum absolute atomic E-state index is 13.8. The lowest BCUT2D eigenvalue weighted by molar-refractivity contribution is -0.143. The van der Waals surface area contributed by atoms with Crippen LogP contribution in [0.4, 0.5) is 32.3 Å². The average Bonchev–Trinajstić information content (AvgIpc) is 3.63. The number of piperazine rings is 1. The molecule has 286 valence electrons. The lowest BCUT2D eigenvalue weighted by Crippen LogP contribution is -2.60. The van der Waals surface area contributed by atoms with E-state index in [1.54, 1.807) is 18.2 Å². The normalized spacial score (nSPS) is 24.1. The van der Waals surface area contributed by atoms with Gasteiger partial charge >= 0.3 is 12.4 Å². The number of nitrogens with one attached hydrogen (secondary N) is 2. The Morgan fingerprint density at radius 3 is 2.32 bits per heavy atom. The van der Waals surface area contributed by atoms with Crippen LogP contribution in [0, 0.1) is 0 Å². The molecule has 7 rings (SSSR count). The van der Waals surface area contributed by atoms with Gasteiger partial charge in [-0.2, -0.15) is 35.7 Å². The molecular weight excluding hydrogens is 732 g/mol. The SMILES string of the molecule is O=C1CCC(N2CC3CCC(C2)N3Cc2cccc(S(=O)(=O)N3CCC(Nc4ncc(C(F)(F)F)c(-c5cnn(CC(F)(F)F)c5)n4)CC3)c2)C(=O)N1. The number of amides is 2. The van der Waals surface area contributed by atoms with Crippen molar-refractivity contribution in [3.05, 3.63) is 54.0 Å². The number of aromatic nitrogens is 4. The second kappa shape index (κ2) is 14.3. The summed E-state index contributed by atoms with van der Waals surface area (Å²) in [6, 6.07) is 6.51. The number of alkyl halides is 6. The number of sulfonamides is 1. The summed E-state index contributed by atoms with van der Waals surface area (Å²) in [4.78, 5) is 36.6. The largest absolute Gasteiger partial charge is 0.419 e. The van der Waals surface area contributed by atoms with Crippen LogP contribution < -0.4 is 10.6 Å². The number of anilines is 1. The molecule has 4 saturated heterocycles. The summed E-state index contributed by atoms with van der Waals surface area (Å²) in [5.41, 5.74) is -1.29. The zero-order valence-corrected chi connectivity index (χ0v) is 29.1. The number of imide groups is 1. The molecule has 13 nitrogen and oxygen atoms in total. The van der Waals surface area contributed by atoms with Gasteiger partial charge in [-0.3, -0.25) is 29.4 Å². The van der Waals surface area contributed by atoms with E-state index < -0.39 is 40.2 Å². The first-order valence-electron chi connectivity index (χ1n) is 17.3. The van der Waals surface area contributed by atoms with Crippen LogP contribution in [0.2, 0.25) is 0 Å². The minimum Gasteiger partial charge on any atom is -0.351 e. The number of carbonyl (C=O) groups excluding carboxylic acids is 2. The number of piperidine rings is 2. The standard InChI is InChI=1S/C33H37F6N9O4S/c34-32(35,36)19-46-16-21(13-41-46)29-26(33(37,38)39)14-40-31(44-29)42-22-8-10-47(11-9-22)53(51,52)25-3-1-2-20(12-25)15-48-23-4-5-24(48)18-45(17-23)27-6-7-28(49)43-30(27)50/h1-3,12-14,16,22-24,27H,4-11,15,17-19H2,(H,40,42,44)(H,43,49,50). The third kappa shape index (κ3) is 8.19. The Kier molecular flexibility index (Phi) is 10.0. The first-order valence-corrected chi connectivity index (χ1v) is 18.7. The molecule has 0 saturated carbocycles. The lowest BCUT2D eigenvalue weighted by Gasteiger charge is -2.44. The number of nitrogens with zero attached hydrogens (tertiary/aromatic N) is 7. The number of rotatable bonds is 9. The third-order valence-electron chi connectivity index (χ3n) is 10.3. The van der Waals surface area contributed by atoms with Crippen molar-refractivity contribution >= 4 is 27.8 Å². The Hall–Kier alpha value is -4.14. The molecule has 53 heavy (non-hydrogen) atoms. The molecule has 2 amide bonds. The molecule has 4 fully saturated rings. The minimum absolute atomic E-state index is 0.119. The second-order valence-electron chi connectivity index (χ2n) is 13.9. The number of likely N-dealkylation sites (tertiary alicyclic amines) is 1. The van der Waals surface area contributed by atoms with Crippen LogP contribution >= 0.6 is 0 Å². The van der Waals surface area contributed by atoms with Crippen molar-refractivity contribution in [3.63, 3.8) is 0 Å². The molecule has 4 aliphatic heterocycles. The first kappa shape index (κ1) is 37.2. The summed E-state index contributed by atoms with van der Waals surface area (Å²) < 4.78 is 109. The fourth-order valence-electron chi connectivity index (χ4n) is 7.79. The van der Waals surface area contributed by atoms with E-state index in [1.807, 2.05) is 6.07 Å². The van der Waals surface area contributed by atoms with Crippen molar-refractivity contribution in [1.82, 2.24) is 39.2 Å². The smallest absolute Gasteiger partial charge is 0.351 e. The van der Waals surface area contributed by atoms with Gasteiger partial charge in [0, 0.05) is 75.2 Å². The highest BCUT2D eigenvalue weighted by molar-refractivity contribution is 7.89. The van der Waals surface area contributed by atoms with E-state index in [0.29, 0.717) is 56.2 Å². The highest BCUT2D eigenvalue weighted by atomic mass is 32.2. The van der Waals surface area contributed by atoms with Crippen LogP contribution in [0.15, 0.2) is 47.8 Å². The van der Waals surface area contributed by atoms with Crippen molar-refractivity contribution in [2.24, 2.45) is 0 Å². The molecule has 6 heterocycles. The van der Waals surface area contributed by atoms with Gasteiger partial charge in [-0.1, -0.05) is 12.1 Å². The van der Waals surface area contributed by atoms with E-state index in [1.165, 1.54) is 4.31 Å². The summed E-state index contributed by atoms with van der Waals surface area (Å²) in [7, 11) is -3.88. The maximum atomic E-state index is 13.8. The molecule has 2 bridgehead atoms. The molecule has 3 unspecified atom stereocenters. The van der Waals surface area contributed by atoms with E-state index in [4.69, 9.17) is 0 Å². The van der Waals surface area contributed by atoms with Gasteiger partial charge in [-0.25, -0.2) is 18.4 Å². The van der Waals surface area contributed by atoms with E-state index >= 15 is 0 Å². The summed E-state index contributed by atoms with van der Waals surface area (Å²) >= 11 is 0. The summed E-state index contributed by atoms with van der Waals surface area (Å²) in [5.74, 6) is -0.674. The van der Waals surface area contributed by atoms with Gasteiger partial charge in [0.2, 0.25) is 27.8 Å². The minimum atomic E-state index is -4.89. The van der Waals surface area contributed by atoms with E-state index in [-0.39, 0.29) is 65.5 Å². The molecule has 2 aromatic heterocycles. The molecule has 3 atom stereocenters. The Labute approximate surface area is 300 Å². The maximum Gasteiger partial charge on any atom is 0.419 e. The Balaban J connectivity index is 0.975. The van der Waals surface area contributed by atoms with Crippen molar-refractivity contribution in [2.75, 3.05) is 31.5 Å². The quantitative estimate of drug-likeness (QED) is 0.245. The Morgan fingerprint density at radius 1 is 0.943 bits per heavy atom. The van der Waals surface area contributed by atoms with Crippen LogP contribution in [-0.4, -0.2) is 111 Å². The Morgan fingerprint density at radius 2 is 1.66 bits per heavy atom. The second-order valence-corrected chi connectivity index (χ2v) is 15.9. The van der Waals surface area contributed by atoms with Crippen LogP contribution in [0.3, 0.4) is 0 Å². The number of halogens is 6. The van der Waals surface area contributed by atoms with Crippen LogP contribution in [0.5, 0.6) is 0 Å². The molecule has 0 aliphatic carbocycles. The van der Waals surface area contributed by atoms with Gasteiger partial charge in [0.1, 0.15) is 12.1 Å². The van der Waals surface area contributed by atoms with Gasteiger partial charge in [-0.15, -0.1) is 0 Å². The topological polar surface area (TPSA) is 146 Å². The molecule has 0 radical (unpaired) electrons. The number of hydrogen-bond donors (Lipinski definition) is 2. The van der Waals surface area contributed by atoms with Crippen molar-refractivity contribution in [1.29, 1.82) is 0 Å². The van der Waals surface area contributed by atoms with Gasteiger partial charge in [0.15, 0.2) is 0 Å². The fourth-order valence-corrected chi connectivity index (χ4v) is 9.33. The molecule has 4 aliphatic rings. The summed E-state index contributed by atoms with van der Waals surface area (Å²) in [6.45, 7) is 0.683. The number of fused-ring (bicyclic) bond motifs is 2. The van der Waals surface area contributed by atoms with Crippen molar-refractivity contribution in [2.45, 2.75) is 93.0 Å². The Bertz CT molecular complexity index is 1950. The predicted molar refractivity (Wildman–Crippen MR) is 176 cm³/mol. The van der Waals surface area contributed by atoms with E-state index in [9.17, 15) is 44.3 Å². The highest BCUT2D eigenvalue weighted by Gasteiger charge is 2.44. The van der Waals surface area contributed by atoms with Crippen molar-refractivity contribution < 1.29 is 44.3 Å². The molecule has 1 aromatic carbocycles. The first-order chi connectivity index (χ1) is 25.0. The molecule has 3 aromatic rings. The predicted octanol–water partition coefficient (Wildman–Crippen LogP) is 3.64. The fraction of sp³-hybridized carbons (Fsp3) is 0.545. The zero-order chi connectivity index (χ0) is 37.7. The summed E-state index contributed by atoms with van der Waals surface area (Å²) in [5, 5.41) is 8.93. The van der Waals surface area contributed by atoms with Crippen LogP contribution in [0.1, 0.15) is 49.7 Å². The van der Waals surface area contributed by atoms with E-state index in [0.717, 1.165) is 30.8 Å². The van der Waals surface area contributed by atoms with Gasteiger partial charge in [0.25, 0.3) is 0 Å². The van der Waals surface area contributed by atoms with Gasteiger partial charge in [0.05, 0.1) is 22.8 Å².